The highest BCUT2D eigenvalue weighted by atomic mass is 16.2. The molecule has 0 radical (unpaired) electrons. The van der Waals surface area contributed by atoms with Crippen molar-refractivity contribution >= 4 is 5.91 Å². The zero-order chi connectivity index (χ0) is 12.3. The Morgan fingerprint density at radius 3 is 2.18 bits per heavy atom. The van der Waals surface area contributed by atoms with E-state index in [1.54, 1.807) is 0 Å². The molecule has 1 aliphatic carbocycles. The smallest absolute Gasteiger partial charge is 0.222 e. The third kappa shape index (κ3) is 2.68. The summed E-state index contributed by atoms with van der Waals surface area (Å²) < 4.78 is 0. The predicted molar refractivity (Wildman–Crippen MR) is 69.9 cm³/mol. The number of rotatable bonds is 4. The third-order valence-electron chi connectivity index (χ3n) is 3.72. The summed E-state index contributed by atoms with van der Waals surface area (Å²) in [6, 6.07) is 8.56. The van der Waals surface area contributed by atoms with E-state index >= 15 is 0 Å². The average molecular weight is 231 g/mol. The normalized spacial score (nSPS) is 14.7. The lowest BCUT2D eigenvalue weighted by atomic mass is 10.0. The fourth-order valence-corrected chi connectivity index (χ4v) is 2.75. The van der Waals surface area contributed by atoms with Gasteiger partial charge in [0.25, 0.3) is 0 Å². The molecular weight excluding hydrogens is 210 g/mol. The van der Waals surface area contributed by atoms with Crippen LogP contribution in [0.3, 0.4) is 0 Å². The molecule has 0 aliphatic heterocycles. The summed E-state index contributed by atoms with van der Waals surface area (Å²) in [5.74, 6) is 0.827. The Kier molecular flexibility index (Phi) is 3.82. The Morgan fingerprint density at radius 2 is 1.71 bits per heavy atom. The summed E-state index contributed by atoms with van der Waals surface area (Å²) in [5.41, 5.74) is 2.87. The van der Waals surface area contributed by atoms with Gasteiger partial charge in [0.05, 0.1) is 0 Å². The fourth-order valence-electron chi connectivity index (χ4n) is 2.75. The molecule has 1 aromatic rings. The first-order valence-electron chi connectivity index (χ1n) is 6.59. The largest absolute Gasteiger partial charge is 0.343 e. The first-order chi connectivity index (χ1) is 8.24. The number of nitrogens with zero attached hydrogens (tertiary/aromatic N) is 1. The second kappa shape index (κ2) is 5.35. The number of carbonyl (C=O) groups is 1. The minimum atomic E-state index is 0.313. The van der Waals surface area contributed by atoms with Crippen molar-refractivity contribution in [2.45, 2.75) is 33.1 Å². The van der Waals surface area contributed by atoms with Gasteiger partial charge < -0.3 is 4.90 Å². The van der Waals surface area contributed by atoms with Gasteiger partial charge in [-0.3, -0.25) is 4.79 Å². The Balaban J connectivity index is 1.93. The van der Waals surface area contributed by atoms with Crippen LogP contribution in [0.5, 0.6) is 0 Å². The summed E-state index contributed by atoms with van der Waals surface area (Å²) in [5, 5.41) is 0. The van der Waals surface area contributed by atoms with Crippen LogP contribution in [0, 0.1) is 5.92 Å². The van der Waals surface area contributed by atoms with Crippen molar-refractivity contribution in [3.63, 3.8) is 0 Å². The lowest BCUT2D eigenvalue weighted by Gasteiger charge is -2.20. The van der Waals surface area contributed by atoms with Crippen molar-refractivity contribution in [3.8, 4) is 0 Å². The molecule has 1 aliphatic rings. The molecule has 2 heteroatoms. The maximum absolute atomic E-state index is 12.0. The van der Waals surface area contributed by atoms with Crippen molar-refractivity contribution in [1.82, 2.24) is 4.90 Å². The van der Waals surface area contributed by atoms with Crippen molar-refractivity contribution in [2.24, 2.45) is 5.92 Å². The van der Waals surface area contributed by atoms with Crippen LogP contribution in [-0.4, -0.2) is 23.9 Å². The molecule has 92 valence electrons. The standard InChI is InChI=1S/C15H21NO/c1-3-16(4-2)15(17)11-12-9-13-7-5-6-8-14(13)10-12/h5-8,12H,3-4,9-11H2,1-2H3. The number of fused-ring (bicyclic) bond motifs is 1. The van der Waals surface area contributed by atoms with Gasteiger partial charge in [-0.05, 0) is 43.7 Å². The number of hydrogen-bond acceptors (Lipinski definition) is 1. The van der Waals surface area contributed by atoms with Crippen LogP contribution in [0.15, 0.2) is 24.3 Å². The Hall–Kier alpha value is -1.31. The highest BCUT2D eigenvalue weighted by Crippen LogP contribution is 2.28. The molecule has 0 spiro atoms. The zero-order valence-electron chi connectivity index (χ0n) is 10.8. The van der Waals surface area contributed by atoms with Gasteiger partial charge in [0.2, 0.25) is 5.91 Å². The summed E-state index contributed by atoms with van der Waals surface area (Å²) in [7, 11) is 0. The second-order valence-electron chi connectivity index (χ2n) is 4.81. The van der Waals surface area contributed by atoms with E-state index in [-0.39, 0.29) is 0 Å². The van der Waals surface area contributed by atoms with Crippen molar-refractivity contribution in [3.05, 3.63) is 35.4 Å². The Labute approximate surface area is 104 Å². The van der Waals surface area contributed by atoms with Gasteiger partial charge in [-0.25, -0.2) is 0 Å². The molecule has 0 fully saturated rings. The Morgan fingerprint density at radius 1 is 1.18 bits per heavy atom. The molecule has 0 saturated heterocycles. The Bertz CT molecular complexity index is 371. The van der Waals surface area contributed by atoms with E-state index < -0.39 is 0 Å². The highest BCUT2D eigenvalue weighted by molar-refractivity contribution is 5.76. The molecule has 2 nitrogen and oxygen atoms in total. The molecular formula is C15H21NO. The van der Waals surface area contributed by atoms with Gasteiger partial charge in [0, 0.05) is 19.5 Å². The molecule has 1 amide bonds. The van der Waals surface area contributed by atoms with Gasteiger partial charge in [-0.1, -0.05) is 24.3 Å². The fraction of sp³-hybridized carbons (Fsp3) is 0.533. The van der Waals surface area contributed by atoms with Crippen LogP contribution in [-0.2, 0) is 17.6 Å². The molecule has 0 unspecified atom stereocenters. The monoisotopic (exact) mass is 231 g/mol. The molecule has 0 N–H and O–H groups in total. The number of amides is 1. The van der Waals surface area contributed by atoms with E-state index in [4.69, 9.17) is 0 Å². The van der Waals surface area contributed by atoms with Gasteiger partial charge >= 0.3 is 0 Å². The summed E-state index contributed by atoms with van der Waals surface area (Å²) in [4.78, 5) is 14.0. The second-order valence-corrected chi connectivity index (χ2v) is 4.81. The summed E-state index contributed by atoms with van der Waals surface area (Å²) >= 11 is 0. The average Bonchev–Trinajstić information content (AvgIpc) is 2.72. The van der Waals surface area contributed by atoms with Gasteiger partial charge in [0.15, 0.2) is 0 Å². The van der Waals surface area contributed by atoms with Crippen molar-refractivity contribution in [1.29, 1.82) is 0 Å². The molecule has 2 rings (SSSR count). The molecule has 0 aromatic heterocycles. The lowest BCUT2D eigenvalue weighted by Crippen LogP contribution is -2.32. The van der Waals surface area contributed by atoms with Crippen LogP contribution in [0.1, 0.15) is 31.4 Å². The topological polar surface area (TPSA) is 20.3 Å². The van der Waals surface area contributed by atoms with E-state index in [1.807, 2.05) is 18.7 Å². The SMILES string of the molecule is CCN(CC)C(=O)CC1Cc2ccccc2C1. The van der Waals surface area contributed by atoms with E-state index in [0.717, 1.165) is 25.9 Å². The zero-order valence-corrected chi connectivity index (χ0v) is 10.8. The van der Waals surface area contributed by atoms with Crippen LogP contribution in [0.4, 0.5) is 0 Å². The lowest BCUT2D eigenvalue weighted by molar-refractivity contribution is -0.131. The van der Waals surface area contributed by atoms with Crippen LogP contribution in [0.25, 0.3) is 0 Å². The van der Waals surface area contributed by atoms with Gasteiger partial charge in [-0.2, -0.15) is 0 Å². The molecule has 0 saturated carbocycles. The van der Waals surface area contributed by atoms with Crippen molar-refractivity contribution in [2.75, 3.05) is 13.1 Å². The number of hydrogen-bond donors (Lipinski definition) is 0. The van der Waals surface area contributed by atoms with Crippen LogP contribution in [0.2, 0.25) is 0 Å². The number of benzene rings is 1. The minimum absolute atomic E-state index is 0.313. The maximum atomic E-state index is 12.0. The third-order valence-corrected chi connectivity index (χ3v) is 3.72. The molecule has 17 heavy (non-hydrogen) atoms. The van der Waals surface area contributed by atoms with Crippen LogP contribution < -0.4 is 0 Å². The minimum Gasteiger partial charge on any atom is -0.343 e. The van der Waals surface area contributed by atoms with Crippen molar-refractivity contribution < 1.29 is 4.79 Å². The van der Waals surface area contributed by atoms with Gasteiger partial charge in [-0.15, -0.1) is 0 Å². The van der Waals surface area contributed by atoms with E-state index in [9.17, 15) is 4.79 Å². The van der Waals surface area contributed by atoms with E-state index in [2.05, 4.69) is 24.3 Å². The first kappa shape index (κ1) is 12.2. The number of carbonyl (C=O) groups excluding carboxylic acids is 1. The molecule has 0 heterocycles. The molecule has 0 bridgehead atoms. The first-order valence-corrected chi connectivity index (χ1v) is 6.59. The van der Waals surface area contributed by atoms with Gasteiger partial charge in [0.1, 0.15) is 0 Å². The van der Waals surface area contributed by atoms with Crippen LogP contribution >= 0.6 is 0 Å². The molecule has 1 aromatic carbocycles. The predicted octanol–water partition coefficient (Wildman–Crippen LogP) is 2.66. The summed E-state index contributed by atoms with van der Waals surface area (Å²) in [6.45, 7) is 5.75. The highest BCUT2D eigenvalue weighted by Gasteiger charge is 2.24. The summed E-state index contributed by atoms with van der Waals surface area (Å²) in [6.07, 6.45) is 2.85. The maximum Gasteiger partial charge on any atom is 0.222 e. The quantitative estimate of drug-likeness (QED) is 0.780. The van der Waals surface area contributed by atoms with E-state index in [0.29, 0.717) is 18.2 Å². The van der Waals surface area contributed by atoms with E-state index in [1.165, 1.54) is 11.1 Å². The molecule has 0 atom stereocenters.